The molecule has 2 aromatic heterocycles. The van der Waals surface area contributed by atoms with Crippen molar-refractivity contribution < 1.29 is 23.4 Å². The Bertz CT molecular complexity index is 942. The van der Waals surface area contributed by atoms with Gasteiger partial charge in [-0.1, -0.05) is 6.07 Å². The normalized spacial score (nSPS) is 21.3. The van der Waals surface area contributed by atoms with Gasteiger partial charge in [-0.15, -0.1) is 0 Å². The number of nitrogens with zero attached hydrogens (tertiary/aromatic N) is 2. The molecular formula is C26H33FN2O4. The predicted molar refractivity (Wildman–Crippen MR) is 122 cm³/mol. The Balaban J connectivity index is 1.31. The summed E-state index contributed by atoms with van der Waals surface area (Å²) in [4.78, 5) is 20.7. The average molecular weight is 457 g/mol. The Labute approximate surface area is 194 Å². The van der Waals surface area contributed by atoms with Crippen LogP contribution in [0.3, 0.4) is 0 Å². The number of rotatable bonds is 10. The number of carbonyl (C=O) groups excluding carboxylic acids is 1. The lowest BCUT2D eigenvalue weighted by Crippen LogP contribution is -2.20. The molecular weight excluding hydrogens is 423 g/mol. The first-order chi connectivity index (χ1) is 16.1. The zero-order valence-corrected chi connectivity index (χ0v) is 19.5. The largest absolute Gasteiger partial charge is 0.481 e. The minimum atomic E-state index is -0.260. The van der Waals surface area contributed by atoms with E-state index in [2.05, 4.69) is 4.98 Å². The van der Waals surface area contributed by atoms with Crippen LogP contribution in [0.1, 0.15) is 75.0 Å². The van der Waals surface area contributed by atoms with Crippen molar-refractivity contribution in [2.45, 2.75) is 63.7 Å². The fourth-order valence-corrected chi connectivity index (χ4v) is 4.83. The molecule has 178 valence electrons. The second kappa shape index (κ2) is 10.9. The van der Waals surface area contributed by atoms with E-state index in [9.17, 15) is 9.18 Å². The lowest BCUT2D eigenvalue weighted by Gasteiger charge is -2.29. The van der Waals surface area contributed by atoms with E-state index in [0.29, 0.717) is 48.8 Å². The molecule has 0 aromatic carbocycles. The van der Waals surface area contributed by atoms with Gasteiger partial charge in [0.15, 0.2) is 0 Å². The van der Waals surface area contributed by atoms with Gasteiger partial charge in [0.25, 0.3) is 0 Å². The molecule has 6 nitrogen and oxygen atoms in total. The van der Waals surface area contributed by atoms with Gasteiger partial charge < -0.3 is 14.2 Å². The van der Waals surface area contributed by atoms with Crippen LogP contribution in [0, 0.1) is 17.7 Å². The lowest BCUT2D eigenvalue weighted by atomic mass is 9.79. The first kappa shape index (κ1) is 23.5. The minimum Gasteiger partial charge on any atom is -0.481 e. The van der Waals surface area contributed by atoms with Gasteiger partial charge in [-0.2, -0.15) is 0 Å². The van der Waals surface area contributed by atoms with E-state index < -0.39 is 0 Å². The summed E-state index contributed by atoms with van der Waals surface area (Å²) in [5.74, 6) is 1.82. The van der Waals surface area contributed by atoms with E-state index in [1.165, 1.54) is 6.20 Å². The fraction of sp³-hybridized carbons (Fsp3) is 0.577. The summed E-state index contributed by atoms with van der Waals surface area (Å²) in [7, 11) is 1.55. The molecule has 7 heteroatoms. The number of ether oxygens (including phenoxy) is 3. The lowest BCUT2D eigenvalue weighted by molar-refractivity contribution is -0.143. The van der Waals surface area contributed by atoms with Crippen molar-refractivity contribution in [1.29, 1.82) is 0 Å². The second-order valence-electron chi connectivity index (χ2n) is 9.13. The van der Waals surface area contributed by atoms with E-state index in [0.717, 1.165) is 44.2 Å². The Morgan fingerprint density at radius 1 is 1.15 bits per heavy atom. The smallest absolute Gasteiger partial charge is 0.306 e. The Kier molecular flexibility index (Phi) is 7.78. The third-order valence-electron chi connectivity index (χ3n) is 6.83. The molecule has 2 fully saturated rings. The van der Waals surface area contributed by atoms with Crippen LogP contribution < -0.4 is 9.47 Å². The summed E-state index contributed by atoms with van der Waals surface area (Å²) in [5, 5.41) is 0. The summed E-state index contributed by atoms with van der Waals surface area (Å²) in [6.07, 6.45) is 7.65. The van der Waals surface area contributed by atoms with Crippen LogP contribution in [0.15, 0.2) is 30.5 Å². The summed E-state index contributed by atoms with van der Waals surface area (Å²) < 4.78 is 30.6. The number of carbonyl (C=O) groups is 1. The van der Waals surface area contributed by atoms with Gasteiger partial charge in [0.1, 0.15) is 5.82 Å². The Morgan fingerprint density at radius 3 is 2.64 bits per heavy atom. The highest BCUT2D eigenvalue weighted by Crippen LogP contribution is 2.44. The highest BCUT2D eigenvalue weighted by Gasteiger charge is 2.35. The van der Waals surface area contributed by atoms with Crippen LogP contribution >= 0.6 is 0 Å². The molecule has 4 rings (SSSR count). The molecule has 2 aliphatic carbocycles. The first-order valence-electron chi connectivity index (χ1n) is 12.0. The maximum Gasteiger partial charge on any atom is 0.306 e. The van der Waals surface area contributed by atoms with Crippen LogP contribution in [-0.2, 0) is 9.53 Å². The highest BCUT2D eigenvalue weighted by atomic mass is 19.1. The molecule has 1 atom stereocenters. The molecule has 2 aromatic rings. The van der Waals surface area contributed by atoms with Crippen molar-refractivity contribution >= 4 is 5.97 Å². The third-order valence-corrected chi connectivity index (χ3v) is 6.83. The number of methoxy groups -OCH3 is 1. The molecule has 2 aliphatic rings. The molecule has 0 saturated heterocycles. The van der Waals surface area contributed by atoms with Crippen LogP contribution in [0.25, 0.3) is 0 Å². The SMILES string of the molecule is CCOC(=O)CC(c1cccc(OC[C@H]2CC[C@H](c3cc(OC)ncc3F)CC2)n1)C1CC1. The molecule has 0 bridgehead atoms. The van der Waals surface area contributed by atoms with E-state index in [-0.39, 0.29) is 23.6 Å². The number of esters is 1. The molecule has 33 heavy (non-hydrogen) atoms. The molecule has 0 amide bonds. The monoisotopic (exact) mass is 456 g/mol. The Hall–Kier alpha value is -2.70. The van der Waals surface area contributed by atoms with E-state index in [1.807, 2.05) is 25.1 Å². The number of hydrogen-bond acceptors (Lipinski definition) is 6. The van der Waals surface area contributed by atoms with E-state index in [4.69, 9.17) is 19.2 Å². The fourth-order valence-electron chi connectivity index (χ4n) is 4.83. The van der Waals surface area contributed by atoms with Gasteiger partial charge >= 0.3 is 5.97 Å². The van der Waals surface area contributed by atoms with E-state index in [1.54, 1.807) is 13.2 Å². The van der Waals surface area contributed by atoms with Crippen LogP contribution in [0.2, 0.25) is 0 Å². The number of hydrogen-bond donors (Lipinski definition) is 0. The standard InChI is InChI=1S/C26H33FN2O4/c1-3-32-26(30)14-21(19-11-12-19)23-5-4-6-24(29-23)33-16-17-7-9-18(10-8-17)20-13-25(31-2)28-15-22(20)27/h4-6,13,15,17-19,21H,3,7-12,14,16H2,1-2H3/t17-,18-,21?. The maximum absolute atomic E-state index is 14.3. The summed E-state index contributed by atoms with van der Waals surface area (Å²) in [6, 6.07) is 7.54. The van der Waals surface area contributed by atoms with Gasteiger partial charge in [0.05, 0.1) is 32.9 Å². The van der Waals surface area contributed by atoms with Crippen molar-refractivity contribution in [2.75, 3.05) is 20.3 Å². The molecule has 1 unspecified atom stereocenters. The topological polar surface area (TPSA) is 70.5 Å². The van der Waals surface area contributed by atoms with Crippen LogP contribution in [0.5, 0.6) is 11.8 Å². The van der Waals surface area contributed by atoms with Gasteiger partial charge in [-0.05, 0) is 74.8 Å². The van der Waals surface area contributed by atoms with Crippen LogP contribution in [-0.4, -0.2) is 36.3 Å². The summed E-state index contributed by atoms with van der Waals surface area (Å²) in [5.41, 5.74) is 1.61. The predicted octanol–water partition coefficient (Wildman–Crippen LogP) is 5.42. The van der Waals surface area contributed by atoms with Crippen molar-refractivity contribution in [3.05, 3.63) is 47.5 Å². The average Bonchev–Trinajstić information content (AvgIpc) is 3.68. The van der Waals surface area contributed by atoms with Crippen LogP contribution in [0.4, 0.5) is 4.39 Å². The van der Waals surface area contributed by atoms with Crippen molar-refractivity contribution in [3.63, 3.8) is 0 Å². The van der Waals surface area contributed by atoms with Gasteiger partial charge in [-0.25, -0.2) is 14.4 Å². The second-order valence-corrected chi connectivity index (χ2v) is 9.13. The molecule has 2 saturated carbocycles. The van der Waals surface area contributed by atoms with E-state index >= 15 is 0 Å². The Morgan fingerprint density at radius 2 is 1.94 bits per heavy atom. The molecule has 2 heterocycles. The zero-order valence-electron chi connectivity index (χ0n) is 19.5. The molecule has 0 radical (unpaired) electrons. The number of halogens is 1. The molecule has 0 spiro atoms. The van der Waals surface area contributed by atoms with Gasteiger partial charge in [0.2, 0.25) is 11.8 Å². The zero-order chi connectivity index (χ0) is 23.2. The summed E-state index contributed by atoms with van der Waals surface area (Å²) >= 11 is 0. The quantitative estimate of drug-likeness (QED) is 0.445. The summed E-state index contributed by atoms with van der Waals surface area (Å²) in [6.45, 7) is 2.82. The first-order valence-corrected chi connectivity index (χ1v) is 12.0. The van der Waals surface area contributed by atoms with Gasteiger partial charge in [-0.3, -0.25) is 4.79 Å². The maximum atomic E-state index is 14.3. The van der Waals surface area contributed by atoms with Crippen molar-refractivity contribution in [3.8, 4) is 11.8 Å². The third kappa shape index (κ3) is 6.21. The van der Waals surface area contributed by atoms with Crippen molar-refractivity contribution in [2.24, 2.45) is 11.8 Å². The number of aromatic nitrogens is 2. The number of pyridine rings is 2. The molecule has 0 N–H and O–H groups in total. The van der Waals surface area contributed by atoms with Crippen molar-refractivity contribution in [1.82, 2.24) is 9.97 Å². The van der Waals surface area contributed by atoms with Gasteiger partial charge in [0, 0.05) is 23.7 Å². The minimum absolute atomic E-state index is 0.0929. The highest BCUT2D eigenvalue weighted by molar-refractivity contribution is 5.70. The molecule has 0 aliphatic heterocycles.